The van der Waals surface area contributed by atoms with Crippen LogP contribution in [0.15, 0.2) is 0 Å². The maximum atomic E-state index is 12.6. The van der Waals surface area contributed by atoms with Gasteiger partial charge in [-0.2, -0.15) is 0 Å². The Hall–Kier alpha value is 1.04. The highest BCUT2D eigenvalue weighted by Gasteiger charge is 2.42. The van der Waals surface area contributed by atoms with Crippen LogP contribution in [0.3, 0.4) is 0 Å². The van der Waals surface area contributed by atoms with Crippen molar-refractivity contribution in [3.63, 3.8) is 0 Å². The van der Waals surface area contributed by atoms with Gasteiger partial charge in [0.2, 0.25) is 0 Å². The number of rotatable bonds is 0. The molecule has 3 rings (SSSR count). The topological polar surface area (TPSA) is 40.6 Å². The minimum atomic E-state index is -0.366. The van der Waals surface area contributed by atoms with E-state index < -0.39 is 0 Å². The molecule has 0 N–H and O–H groups in total. The summed E-state index contributed by atoms with van der Waals surface area (Å²) in [5.41, 5.74) is 0. The van der Waals surface area contributed by atoms with Gasteiger partial charge in [0.15, 0.2) is 0 Å². The Morgan fingerprint density at radius 3 is 1.50 bits per heavy atom. The fourth-order valence-electron chi connectivity index (χ4n) is 2.37. The van der Waals surface area contributed by atoms with Crippen LogP contribution in [0.25, 0.3) is 0 Å². The Labute approximate surface area is 156 Å². The Morgan fingerprint density at radius 2 is 1.09 bits per heavy atom. The largest absolute Gasteiger partial charge is 0.323 e. The summed E-state index contributed by atoms with van der Waals surface area (Å²) in [5, 5.41) is 0.165. The third-order valence-electron chi connectivity index (χ3n) is 3.61. The number of carbonyl (C=O) groups excluding carboxylic acids is 2. The van der Waals surface area contributed by atoms with Gasteiger partial charge < -0.3 is 9.80 Å². The summed E-state index contributed by atoms with van der Waals surface area (Å²) in [6.45, 7) is 0. The van der Waals surface area contributed by atoms with Crippen LogP contribution in [-0.2, 0) is 9.59 Å². The molecule has 0 aromatic carbocycles. The van der Waals surface area contributed by atoms with Crippen molar-refractivity contribution in [2.45, 2.75) is 19.9 Å². The predicted octanol–water partition coefficient (Wildman–Crippen LogP) is 2.56. The number of carbonyl (C=O) groups is 2. The average molecular weight is 415 g/mol. The minimum Gasteiger partial charge on any atom is -0.323 e. The van der Waals surface area contributed by atoms with Crippen LogP contribution in [0.1, 0.15) is 0 Å². The van der Waals surface area contributed by atoms with Gasteiger partial charge in [-0.15, -0.1) is 47.0 Å². The van der Waals surface area contributed by atoms with Crippen molar-refractivity contribution in [1.29, 1.82) is 0 Å². The lowest BCUT2D eigenvalue weighted by atomic mass is 10.4. The molecule has 0 bridgehead atoms. The van der Waals surface area contributed by atoms with E-state index in [9.17, 15) is 9.59 Å². The van der Waals surface area contributed by atoms with E-state index in [1.807, 2.05) is 45.1 Å². The molecule has 3 aliphatic rings. The van der Waals surface area contributed by atoms with Crippen molar-refractivity contribution in [2.75, 3.05) is 37.1 Å². The lowest BCUT2D eigenvalue weighted by Crippen LogP contribution is -2.53. The van der Waals surface area contributed by atoms with Gasteiger partial charge in [-0.05, 0) is 0 Å². The molecular weight excluding hydrogens is 397 g/mol. The number of fused-ring (bicyclic) bond motifs is 2. The lowest BCUT2D eigenvalue weighted by Gasteiger charge is -2.41. The summed E-state index contributed by atoms with van der Waals surface area (Å²) in [5.74, 6) is 3.58. The van der Waals surface area contributed by atoms with Gasteiger partial charge in [0.05, 0.1) is 19.9 Å². The average Bonchev–Trinajstić information content (AvgIpc) is 2.57. The summed E-state index contributed by atoms with van der Waals surface area (Å²) in [6.07, 6.45) is 0. The first-order valence-electron chi connectivity index (χ1n) is 6.92. The van der Waals surface area contributed by atoms with Crippen molar-refractivity contribution in [3.05, 3.63) is 0 Å². The molecule has 0 spiro atoms. The molecule has 0 aromatic rings. The zero-order chi connectivity index (χ0) is 15.7. The molecule has 124 valence electrons. The lowest BCUT2D eigenvalue weighted by molar-refractivity contribution is -0.150. The van der Waals surface area contributed by atoms with Crippen LogP contribution in [0.5, 0.6) is 0 Å². The SMILES string of the molecule is CN1C(=O)C(=O)N(C)C2SCCSC2SSC2SCCSC21. The zero-order valence-corrected chi connectivity index (χ0v) is 17.2. The zero-order valence-electron chi connectivity index (χ0n) is 12.3. The van der Waals surface area contributed by atoms with E-state index in [0.717, 1.165) is 23.0 Å². The highest BCUT2D eigenvalue weighted by atomic mass is 33.1. The van der Waals surface area contributed by atoms with E-state index >= 15 is 0 Å². The molecule has 3 fully saturated rings. The van der Waals surface area contributed by atoms with Crippen molar-refractivity contribution in [2.24, 2.45) is 0 Å². The molecule has 4 nitrogen and oxygen atoms in total. The van der Waals surface area contributed by atoms with E-state index in [0.29, 0.717) is 9.16 Å². The Bertz CT molecular complexity index is 413. The normalized spacial score (nSPS) is 37.5. The first-order valence-corrected chi connectivity index (χ1v) is 13.4. The number of nitrogens with zero attached hydrogens (tertiary/aromatic N) is 2. The smallest absolute Gasteiger partial charge is 0.312 e. The third kappa shape index (κ3) is 3.66. The van der Waals surface area contributed by atoms with Crippen LogP contribution in [0.4, 0.5) is 0 Å². The number of hydrogen-bond donors (Lipinski definition) is 0. The fraction of sp³-hybridized carbons (Fsp3) is 0.833. The van der Waals surface area contributed by atoms with Gasteiger partial charge in [-0.1, -0.05) is 21.6 Å². The van der Waals surface area contributed by atoms with E-state index in [2.05, 4.69) is 0 Å². The van der Waals surface area contributed by atoms with Crippen molar-refractivity contribution < 1.29 is 9.59 Å². The molecule has 4 atom stereocenters. The molecule has 0 radical (unpaired) electrons. The van der Waals surface area contributed by atoms with Crippen LogP contribution < -0.4 is 0 Å². The third-order valence-corrected chi connectivity index (χ3v) is 14.3. The minimum absolute atomic E-state index is 0.0823. The number of hydrogen-bond acceptors (Lipinski definition) is 8. The molecule has 3 heterocycles. The standard InChI is InChI=1S/C12H18N2O2S6/c1-13-7(15)8(16)14(2)10-12(20-6-4-18-10)22-21-11-9(13)17-3-5-19-11/h9-12H,3-6H2,1-2H3. The maximum absolute atomic E-state index is 12.6. The molecule has 10 heteroatoms. The fourth-order valence-corrected chi connectivity index (χ4v) is 13.6. The second-order valence-corrected chi connectivity index (χ2v) is 13.1. The van der Waals surface area contributed by atoms with Gasteiger partial charge in [0.1, 0.15) is 0 Å². The van der Waals surface area contributed by atoms with Crippen LogP contribution in [-0.4, -0.2) is 78.6 Å². The van der Waals surface area contributed by atoms with Gasteiger partial charge in [-0.25, -0.2) is 0 Å². The molecule has 0 aromatic heterocycles. The second-order valence-electron chi connectivity index (χ2n) is 5.03. The van der Waals surface area contributed by atoms with E-state index in [-0.39, 0.29) is 22.6 Å². The summed E-state index contributed by atoms with van der Waals surface area (Å²) < 4.78 is 0.671. The van der Waals surface area contributed by atoms with Crippen molar-refractivity contribution in [1.82, 2.24) is 9.80 Å². The van der Waals surface area contributed by atoms with Gasteiger partial charge in [0.25, 0.3) is 0 Å². The monoisotopic (exact) mass is 414 g/mol. The summed E-state index contributed by atoms with van der Waals surface area (Å²) in [7, 11) is 7.33. The summed E-state index contributed by atoms with van der Waals surface area (Å²) >= 11 is 7.43. The van der Waals surface area contributed by atoms with Crippen molar-refractivity contribution in [3.8, 4) is 0 Å². The summed E-state index contributed by atoms with van der Waals surface area (Å²) in [4.78, 5) is 28.5. The number of likely N-dealkylation sites (N-methyl/N-ethyl adjacent to an activating group) is 2. The van der Waals surface area contributed by atoms with Crippen LogP contribution in [0, 0.1) is 0 Å². The highest BCUT2D eigenvalue weighted by molar-refractivity contribution is 8.80. The molecule has 22 heavy (non-hydrogen) atoms. The molecular formula is C12H18N2O2S6. The van der Waals surface area contributed by atoms with Crippen LogP contribution >= 0.6 is 68.6 Å². The Balaban J connectivity index is 1.86. The summed E-state index contributed by atoms with van der Waals surface area (Å²) in [6, 6.07) is 0. The molecule has 2 amide bonds. The second kappa shape index (κ2) is 7.95. The van der Waals surface area contributed by atoms with E-state index in [4.69, 9.17) is 0 Å². The van der Waals surface area contributed by atoms with Gasteiger partial charge >= 0.3 is 11.8 Å². The van der Waals surface area contributed by atoms with Crippen LogP contribution in [0.2, 0.25) is 0 Å². The molecule has 3 aliphatic heterocycles. The quantitative estimate of drug-likeness (QED) is 0.442. The van der Waals surface area contributed by atoms with Gasteiger partial charge in [0, 0.05) is 37.1 Å². The van der Waals surface area contributed by atoms with E-state index in [1.54, 1.807) is 47.4 Å². The molecule has 0 saturated carbocycles. The Morgan fingerprint density at radius 1 is 0.727 bits per heavy atom. The highest BCUT2D eigenvalue weighted by Crippen LogP contribution is 2.51. The first kappa shape index (κ1) is 17.8. The van der Waals surface area contributed by atoms with E-state index in [1.165, 1.54) is 0 Å². The molecule has 3 saturated heterocycles. The van der Waals surface area contributed by atoms with Gasteiger partial charge in [-0.3, -0.25) is 9.59 Å². The van der Waals surface area contributed by atoms with Crippen molar-refractivity contribution >= 4 is 80.4 Å². The Kier molecular flexibility index (Phi) is 6.45. The number of thioether (sulfide) groups is 4. The predicted molar refractivity (Wildman–Crippen MR) is 106 cm³/mol. The first-order chi connectivity index (χ1) is 10.6. The molecule has 4 unspecified atom stereocenters. The number of amides is 2. The maximum Gasteiger partial charge on any atom is 0.312 e. The molecule has 0 aliphatic carbocycles.